The maximum absolute atomic E-state index is 12.2. The van der Waals surface area contributed by atoms with Crippen LogP contribution in [0.1, 0.15) is 133 Å². The molecule has 1 aliphatic rings. The normalized spacial score (nSPS) is 18.4. The van der Waals surface area contributed by atoms with Gasteiger partial charge in [-0.15, -0.1) is 0 Å². The average molecular weight is 610 g/mol. The van der Waals surface area contributed by atoms with Crippen molar-refractivity contribution in [1.82, 2.24) is 10.2 Å². The number of anilines is 1. The van der Waals surface area contributed by atoms with E-state index in [9.17, 15) is 9.90 Å². The highest BCUT2D eigenvalue weighted by Gasteiger charge is 2.33. The molecule has 0 saturated carbocycles. The Kier molecular flexibility index (Phi) is 17.5. The van der Waals surface area contributed by atoms with Gasteiger partial charge in [0.2, 0.25) is 0 Å². The lowest BCUT2D eigenvalue weighted by Gasteiger charge is -2.38. The standard InChI is InChI=1S/C37H59N3O4/c1-4-7-9-11-13-15-24-40(25-16-14-12-10-8-5-2)28-34-27-35(31-22-20-30(29-41)21-23-31)44-36(43-34)32-18-17-19-33(26-32)39-37(42)38-6-3/h17-23,26,34-36,41H,4-16,24-25,27-29H2,1-3H3,(H2,38,39,42)/t34-,35+,36+/m1/s1. The summed E-state index contributed by atoms with van der Waals surface area (Å²) in [6, 6.07) is 15.6. The molecule has 3 atom stereocenters. The van der Waals surface area contributed by atoms with E-state index in [-0.39, 0.29) is 24.8 Å². The number of hydrogen-bond acceptors (Lipinski definition) is 5. The third-order valence-corrected chi connectivity index (χ3v) is 8.49. The monoisotopic (exact) mass is 609 g/mol. The first kappa shape index (κ1) is 36.0. The number of nitrogens with one attached hydrogen (secondary N) is 2. The number of carbonyl (C=O) groups excluding carboxylic acids is 1. The van der Waals surface area contributed by atoms with Crippen LogP contribution in [0.2, 0.25) is 0 Å². The zero-order valence-electron chi connectivity index (χ0n) is 27.7. The van der Waals surface area contributed by atoms with E-state index in [1.54, 1.807) is 0 Å². The largest absolute Gasteiger partial charge is 0.392 e. The molecule has 44 heavy (non-hydrogen) atoms. The van der Waals surface area contributed by atoms with Crippen molar-refractivity contribution < 1.29 is 19.4 Å². The summed E-state index contributed by atoms with van der Waals surface area (Å²) in [5, 5.41) is 15.3. The van der Waals surface area contributed by atoms with Crippen LogP contribution in [0.3, 0.4) is 0 Å². The number of amides is 2. The zero-order valence-corrected chi connectivity index (χ0v) is 27.7. The number of ether oxygens (including phenoxy) is 2. The van der Waals surface area contributed by atoms with Crippen molar-refractivity contribution >= 4 is 11.7 Å². The van der Waals surface area contributed by atoms with Crippen LogP contribution in [0.25, 0.3) is 0 Å². The van der Waals surface area contributed by atoms with Crippen molar-refractivity contribution in [3.63, 3.8) is 0 Å². The molecule has 0 spiro atoms. The van der Waals surface area contributed by atoms with Crippen LogP contribution < -0.4 is 10.6 Å². The molecule has 2 aromatic carbocycles. The van der Waals surface area contributed by atoms with E-state index >= 15 is 0 Å². The fraction of sp³-hybridized carbons (Fsp3) is 0.649. The third kappa shape index (κ3) is 13.3. The first-order chi connectivity index (χ1) is 21.6. The van der Waals surface area contributed by atoms with Gasteiger partial charge in [0.05, 0.1) is 18.8 Å². The molecule has 2 amide bonds. The summed E-state index contributed by atoms with van der Waals surface area (Å²) in [7, 11) is 0. The number of urea groups is 1. The number of rotatable bonds is 21. The van der Waals surface area contributed by atoms with Gasteiger partial charge in [0.25, 0.3) is 0 Å². The second-order valence-corrected chi connectivity index (χ2v) is 12.3. The minimum absolute atomic E-state index is 0.0106. The average Bonchev–Trinajstić information content (AvgIpc) is 3.04. The minimum atomic E-state index is -0.544. The number of aliphatic hydroxyl groups excluding tert-OH is 1. The Bertz CT molecular complexity index is 1030. The van der Waals surface area contributed by atoms with Gasteiger partial charge in [-0.05, 0) is 56.1 Å². The van der Waals surface area contributed by atoms with Crippen molar-refractivity contribution in [2.24, 2.45) is 0 Å². The summed E-state index contributed by atoms with van der Waals surface area (Å²) >= 11 is 0. The number of benzene rings is 2. The summed E-state index contributed by atoms with van der Waals surface area (Å²) in [5.74, 6) is 0. The molecule has 3 rings (SSSR count). The highest BCUT2D eigenvalue weighted by Crippen LogP contribution is 2.38. The summed E-state index contributed by atoms with van der Waals surface area (Å²) in [6.45, 7) is 10.1. The Morgan fingerprint density at radius 2 is 1.45 bits per heavy atom. The molecular formula is C37H59N3O4. The lowest BCUT2D eigenvalue weighted by molar-refractivity contribution is -0.253. The van der Waals surface area contributed by atoms with Crippen molar-refractivity contribution in [1.29, 1.82) is 0 Å². The van der Waals surface area contributed by atoms with E-state index in [1.807, 2.05) is 43.3 Å². The topological polar surface area (TPSA) is 83.1 Å². The van der Waals surface area contributed by atoms with E-state index in [0.29, 0.717) is 12.2 Å². The van der Waals surface area contributed by atoms with E-state index in [1.165, 1.54) is 77.0 Å². The Hall–Kier alpha value is -2.45. The van der Waals surface area contributed by atoms with Crippen LogP contribution in [0.4, 0.5) is 10.5 Å². The van der Waals surface area contributed by atoms with Crippen LogP contribution in [-0.4, -0.2) is 48.3 Å². The quantitative estimate of drug-likeness (QED) is 0.123. The molecular weight excluding hydrogens is 550 g/mol. The van der Waals surface area contributed by atoms with Crippen molar-refractivity contribution in [3.05, 3.63) is 65.2 Å². The Labute approximate surface area is 267 Å². The van der Waals surface area contributed by atoms with Gasteiger partial charge in [0.1, 0.15) is 0 Å². The van der Waals surface area contributed by atoms with Crippen LogP contribution >= 0.6 is 0 Å². The molecule has 0 radical (unpaired) electrons. The molecule has 2 aromatic rings. The first-order valence-corrected chi connectivity index (χ1v) is 17.4. The van der Waals surface area contributed by atoms with Crippen LogP contribution in [0.15, 0.2) is 48.5 Å². The van der Waals surface area contributed by atoms with Gasteiger partial charge in [0.15, 0.2) is 6.29 Å². The number of nitrogens with zero attached hydrogens (tertiary/aromatic N) is 1. The predicted octanol–water partition coefficient (Wildman–Crippen LogP) is 8.89. The molecule has 1 fully saturated rings. The molecule has 1 aliphatic heterocycles. The number of hydrogen-bond donors (Lipinski definition) is 3. The van der Waals surface area contributed by atoms with Gasteiger partial charge in [-0.2, -0.15) is 0 Å². The molecule has 1 heterocycles. The van der Waals surface area contributed by atoms with Gasteiger partial charge in [0, 0.05) is 30.8 Å². The van der Waals surface area contributed by atoms with Crippen LogP contribution in [-0.2, 0) is 16.1 Å². The maximum Gasteiger partial charge on any atom is 0.319 e. The molecule has 0 unspecified atom stereocenters. The van der Waals surface area contributed by atoms with Crippen LogP contribution in [0.5, 0.6) is 0 Å². The fourth-order valence-corrected chi connectivity index (χ4v) is 5.95. The highest BCUT2D eigenvalue weighted by atomic mass is 16.7. The van der Waals surface area contributed by atoms with Crippen molar-refractivity contribution in [3.8, 4) is 0 Å². The summed E-state index contributed by atoms with van der Waals surface area (Å²) < 4.78 is 13.3. The fourth-order valence-electron chi connectivity index (χ4n) is 5.95. The molecule has 246 valence electrons. The molecule has 0 bridgehead atoms. The Balaban J connectivity index is 1.73. The second-order valence-electron chi connectivity index (χ2n) is 12.3. The molecule has 3 N–H and O–H groups in total. The van der Waals surface area contributed by atoms with E-state index < -0.39 is 6.29 Å². The minimum Gasteiger partial charge on any atom is -0.392 e. The van der Waals surface area contributed by atoms with Gasteiger partial charge in [-0.25, -0.2) is 4.79 Å². The lowest BCUT2D eigenvalue weighted by atomic mass is 9.99. The summed E-state index contributed by atoms with van der Waals surface area (Å²) in [6.07, 6.45) is 15.7. The van der Waals surface area contributed by atoms with Gasteiger partial charge in [-0.3, -0.25) is 0 Å². The van der Waals surface area contributed by atoms with Crippen molar-refractivity contribution in [2.75, 3.05) is 31.5 Å². The Morgan fingerprint density at radius 3 is 2.07 bits per heavy atom. The second kappa shape index (κ2) is 21.3. The summed E-state index contributed by atoms with van der Waals surface area (Å²) in [4.78, 5) is 14.8. The SMILES string of the molecule is CCCCCCCCN(CCCCCCCC)C[C@H]1C[C@@H](c2ccc(CO)cc2)O[C@@H](c2cccc(NC(=O)NCC)c2)O1. The van der Waals surface area contributed by atoms with Gasteiger partial charge in [-0.1, -0.05) is 114 Å². The number of unbranched alkanes of at least 4 members (excludes halogenated alkanes) is 10. The third-order valence-electron chi connectivity index (χ3n) is 8.49. The lowest BCUT2D eigenvalue weighted by Crippen LogP contribution is -2.40. The summed E-state index contributed by atoms with van der Waals surface area (Å²) in [5.41, 5.74) is 3.58. The van der Waals surface area contributed by atoms with Crippen molar-refractivity contribution in [2.45, 2.75) is 129 Å². The van der Waals surface area contributed by atoms with Gasteiger partial charge >= 0.3 is 6.03 Å². The number of aliphatic hydroxyl groups is 1. The van der Waals surface area contributed by atoms with E-state index in [4.69, 9.17) is 9.47 Å². The van der Waals surface area contributed by atoms with E-state index in [2.05, 4.69) is 41.5 Å². The van der Waals surface area contributed by atoms with Crippen LogP contribution in [0, 0.1) is 0 Å². The Morgan fingerprint density at radius 1 is 0.818 bits per heavy atom. The molecule has 0 aliphatic carbocycles. The highest BCUT2D eigenvalue weighted by molar-refractivity contribution is 5.89. The zero-order chi connectivity index (χ0) is 31.4. The van der Waals surface area contributed by atoms with Gasteiger partial charge < -0.3 is 30.1 Å². The predicted molar refractivity (Wildman–Crippen MR) is 181 cm³/mol. The van der Waals surface area contributed by atoms with E-state index in [0.717, 1.165) is 42.7 Å². The molecule has 0 aromatic heterocycles. The smallest absolute Gasteiger partial charge is 0.319 e. The number of carbonyl (C=O) groups is 1. The maximum atomic E-state index is 12.2. The molecule has 7 nitrogen and oxygen atoms in total. The molecule has 7 heteroatoms. The first-order valence-electron chi connectivity index (χ1n) is 17.4. The molecule has 1 saturated heterocycles.